The van der Waals surface area contributed by atoms with Gasteiger partial charge in [0.25, 0.3) is 0 Å². The molecule has 0 bridgehead atoms. The largest absolute Gasteiger partial charge is 0.243 e. The van der Waals surface area contributed by atoms with Gasteiger partial charge in [0.1, 0.15) is 5.82 Å². The zero-order valence-electron chi connectivity index (χ0n) is 10.7. The summed E-state index contributed by atoms with van der Waals surface area (Å²) >= 11 is 0. The molecule has 0 aliphatic carbocycles. The summed E-state index contributed by atoms with van der Waals surface area (Å²) in [6.45, 7) is 4.74. The van der Waals surface area contributed by atoms with Crippen molar-refractivity contribution in [2.45, 2.75) is 31.6 Å². The summed E-state index contributed by atoms with van der Waals surface area (Å²) in [6, 6.07) is 3.97. The van der Waals surface area contributed by atoms with Crippen LogP contribution in [-0.2, 0) is 10.0 Å². The van der Waals surface area contributed by atoms with Crippen LogP contribution < -0.4 is 0 Å². The van der Waals surface area contributed by atoms with Gasteiger partial charge in [-0.1, -0.05) is 6.92 Å². The van der Waals surface area contributed by atoms with Gasteiger partial charge >= 0.3 is 0 Å². The van der Waals surface area contributed by atoms with Crippen LogP contribution in [0.1, 0.15) is 25.3 Å². The zero-order valence-corrected chi connectivity index (χ0v) is 11.5. The maximum Gasteiger partial charge on any atom is 0.243 e. The lowest BCUT2D eigenvalue weighted by atomic mass is 10.0. The summed E-state index contributed by atoms with van der Waals surface area (Å²) < 4.78 is 39.5. The monoisotopic (exact) mass is 271 g/mol. The van der Waals surface area contributed by atoms with Gasteiger partial charge in [0.15, 0.2) is 0 Å². The van der Waals surface area contributed by atoms with Gasteiger partial charge in [-0.25, -0.2) is 12.8 Å². The molecule has 0 unspecified atom stereocenters. The van der Waals surface area contributed by atoms with Gasteiger partial charge in [0.05, 0.1) is 4.90 Å². The Kier molecular flexibility index (Phi) is 3.73. The molecule has 3 nitrogen and oxygen atoms in total. The van der Waals surface area contributed by atoms with E-state index in [4.69, 9.17) is 0 Å². The molecule has 1 heterocycles. The van der Waals surface area contributed by atoms with Crippen molar-refractivity contribution < 1.29 is 12.8 Å². The number of rotatable bonds is 2. The van der Waals surface area contributed by atoms with E-state index in [0.717, 1.165) is 12.8 Å². The minimum Gasteiger partial charge on any atom is -0.207 e. The fourth-order valence-electron chi connectivity index (χ4n) is 2.29. The summed E-state index contributed by atoms with van der Waals surface area (Å²) in [5.41, 5.74) is 0.362. The number of nitrogens with zero attached hydrogens (tertiary/aromatic N) is 1. The highest BCUT2D eigenvalue weighted by Gasteiger charge is 2.28. The van der Waals surface area contributed by atoms with Crippen LogP contribution in [0, 0.1) is 18.7 Å². The summed E-state index contributed by atoms with van der Waals surface area (Å²) in [7, 11) is -3.47. The topological polar surface area (TPSA) is 37.4 Å². The number of halogens is 1. The molecule has 18 heavy (non-hydrogen) atoms. The first-order valence-corrected chi connectivity index (χ1v) is 7.61. The molecule has 100 valence electrons. The fourth-order valence-corrected chi connectivity index (χ4v) is 3.98. The number of sulfonamides is 1. The van der Waals surface area contributed by atoms with Crippen molar-refractivity contribution in [3.63, 3.8) is 0 Å². The van der Waals surface area contributed by atoms with Crippen LogP contribution in [0.4, 0.5) is 4.39 Å². The highest BCUT2D eigenvalue weighted by molar-refractivity contribution is 7.89. The summed E-state index contributed by atoms with van der Waals surface area (Å²) in [5, 5.41) is 0. The molecule has 1 aromatic carbocycles. The molecule has 0 N–H and O–H groups in total. The molecular formula is C13H18FNO2S. The van der Waals surface area contributed by atoms with Crippen molar-refractivity contribution in [2.75, 3.05) is 13.1 Å². The Hall–Kier alpha value is -0.940. The average Bonchev–Trinajstić information content (AvgIpc) is 2.32. The van der Waals surface area contributed by atoms with Gasteiger partial charge in [-0.05, 0) is 49.4 Å². The SMILES string of the molecule is Cc1cc(S(=O)(=O)N2CCC[C@@H](C)C2)ccc1F. The van der Waals surface area contributed by atoms with Crippen molar-refractivity contribution in [3.8, 4) is 0 Å². The van der Waals surface area contributed by atoms with Crippen LogP contribution in [0.3, 0.4) is 0 Å². The lowest BCUT2D eigenvalue weighted by Gasteiger charge is -2.30. The third-order valence-corrected chi connectivity index (χ3v) is 5.25. The predicted molar refractivity (Wildman–Crippen MR) is 68.3 cm³/mol. The first-order chi connectivity index (χ1) is 8.41. The molecule has 1 aliphatic heterocycles. The Bertz CT molecular complexity index is 542. The second-order valence-corrected chi connectivity index (χ2v) is 6.96. The second-order valence-electron chi connectivity index (χ2n) is 5.02. The quantitative estimate of drug-likeness (QED) is 0.829. The minimum atomic E-state index is -3.47. The highest BCUT2D eigenvalue weighted by Crippen LogP contribution is 2.24. The molecule has 1 fully saturated rings. The Morgan fingerprint density at radius 2 is 2.11 bits per heavy atom. The Balaban J connectivity index is 2.32. The van der Waals surface area contributed by atoms with Gasteiger partial charge < -0.3 is 0 Å². The third-order valence-electron chi connectivity index (χ3n) is 3.39. The smallest absolute Gasteiger partial charge is 0.207 e. The van der Waals surface area contributed by atoms with E-state index in [1.807, 2.05) is 0 Å². The van der Waals surface area contributed by atoms with E-state index in [1.165, 1.54) is 22.5 Å². The average molecular weight is 271 g/mol. The third kappa shape index (κ3) is 2.57. The van der Waals surface area contributed by atoms with Crippen molar-refractivity contribution in [1.82, 2.24) is 4.31 Å². The van der Waals surface area contributed by atoms with Crippen molar-refractivity contribution in [1.29, 1.82) is 0 Å². The van der Waals surface area contributed by atoms with E-state index >= 15 is 0 Å². The van der Waals surface area contributed by atoms with Gasteiger partial charge in [-0.3, -0.25) is 0 Å². The van der Waals surface area contributed by atoms with Crippen molar-refractivity contribution in [3.05, 3.63) is 29.6 Å². The summed E-state index contributed by atoms with van der Waals surface area (Å²) in [5.74, 6) is 0.0102. The van der Waals surface area contributed by atoms with Crippen LogP contribution in [-0.4, -0.2) is 25.8 Å². The number of aryl methyl sites for hydroxylation is 1. The molecule has 0 spiro atoms. The Morgan fingerprint density at radius 3 is 2.72 bits per heavy atom. The first-order valence-electron chi connectivity index (χ1n) is 6.17. The van der Waals surface area contributed by atoms with Crippen molar-refractivity contribution >= 4 is 10.0 Å². The fraction of sp³-hybridized carbons (Fsp3) is 0.538. The normalized spacial score (nSPS) is 22.1. The molecule has 0 radical (unpaired) electrons. The van der Waals surface area contributed by atoms with E-state index in [0.29, 0.717) is 24.6 Å². The first kappa shape index (κ1) is 13.5. The van der Waals surface area contributed by atoms with Crippen LogP contribution in [0.25, 0.3) is 0 Å². The van der Waals surface area contributed by atoms with Crippen molar-refractivity contribution in [2.24, 2.45) is 5.92 Å². The van der Waals surface area contributed by atoms with E-state index in [9.17, 15) is 12.8 Å². The molecule has 0 aromatic heterocycles. The molecule has 2 rings (SSSR count). The molecule has 1 saturated heterocycles. The van der Waals surface area contributed by atoms with Gasteiger partial charge in [-0.15, -0.1) is 0 Å². The van der Waals surface area contributed by atoms with Crippen LogP contribution in [0.2, 0.25) is 0 Å². The van der Waals surface area contributed by atoms with Gasteiger partial charge in [-0.2, -0.15) is 4.31 Å². The lowest BCUT2D eigenvalue weighted by molar-refractivity contribution is 0.281. The number of benzene rings is 1. The van der Waals surface area contributed by atoms with E-state index in [1.54, 1.807) is 6.92 Å². The standard InChI is InChI=1S/C13H18FNO2S/c1-10-4-3-7-15(9-10)18(16,17)12-5-6-13(14)11(2)8-12/h5-6,8,10H,3-4,7,9H2,1-2H3/t10-/m1/s1. The lowest BCUT2D eigenvalue weighted by Crippen LogP contribution is -2.39. The van der Waals surface area contributed by atoms with Gasteiger partial charge in [0.2, 0.25) is 10.0 Å². The van der Waals surface area contributed by atoms with Crippen LogP contribution in [0.15, 0.2) is 23.1 Å². The van der Waals surface area contributed by atoms with Gasteiger partial charge in [0, 0.05) is 13.1 Å². The van der Waals surface area contributed by atoms with E-state index in [-0.39, 0.29) is 10.7 Å². The predicted octanol–water partition coefficient (Wildman–Crippen LogP) is 2.55. The molecule has 0 amide bonds. The Labute approximate surface area is 108 Å². The molecule has 1 atom stereocenters. The maximum atomic E-state index is 13.2. The molecule has 1 aromatic rings. The molecular weight excluding hydrogens is 253 g/mol. The minimum absolute atomic E-state index is 0.190. The number of hydrogen-bond acceptors (Lipinski definition) is 2. The second kappa shape index (κ2) is 4.97. The summed E-state index contributed by atoms with van der Waals surface area (Å²) in [4.78, 5) is 0.190. The van der Waals surface area contributed by atoms with Crippen LogP contribution in [0.5, 0.6) is 0 Å². The number of hydrogen-bond donors (Lipinski definition) is 0. The van der Waals surface area contributed by atoms with Crippen LogP contribution >= 0.6 is 0 Å². The van der Waals surface area contributed by atoms with E-state index in [2.05, 4.69) is 6.92 Å². The summed E-state index contributed by atoms with van der Waals surface area (Å²) in [6.07, 6.45) is 1.95. The Morgan fingerprint density at radius 1 is 1.39 bits per heavy atom. The molecule has 5 heteroatoms. The zero-order chi connectivity index (χ0) is 13.3. The molecule has 1 aliphatic rings. The molecule has 0 saturated carbocycles. The van der Waals surface area contributed by atoms with E-state index < -0.39 is 10.0 Å². The highest BCUT2D eigenvalue weighted by atomic mass is 32.2. The number of piperidine rings is 1. The maximum absolute atomic E-state index is 13.2.